The van der Waals surface area contributed by atoms with E-state index in [1.54, 1.807) is 32.0 Å². The molecule has 1 fully saturated rings. The van der Waals surface area contributed by atoms with Crippen LogP contribution in [0.25, 0.3) is 0 Å². The van der Waals surface area contributed by atoms with Crippen molar-refractivity contribution in [2.24, 2.45) is 0 Å². The van der Waals surface area contributed by atoms with E-state index in [1.807, 2.05) is 4.90 Å². The fourth-order valence-corrected chi connectivity index (χ4v) is 4.99. The number of benzene rings is 1. The SMILES string of the molecule is Cc1noc(C)c1S(=O)(=O)N1CCN(c2cc(Cl)ccc2Cl)CC1. The summed E-state index contributed by atoms with van der Waals surface area (Å²) < 4.78 is 32.1. The minimum absolute atomic E-state index is 0.164. The third-order valence-corrected chi connectivity index (χ3v) is 6.75. The van der Waals surface area contributed by atoms with Crippen LogP contribution < -0.4 is 4.90 Å². The first kappa shape index (κ1) is 17.5. The molecule has 1 aliphatic rings. The van der Waals surface area contributed by atoms with Crippen molar-refractivity contribution in [1.82, 2.24) is 9.46 Å². The first-order valence-electron chi connectivity index (χ1n) is 7.43. The Morgan fingerprint density at radius 3 is 2.38 bits per heavy atom. The van der Waals surface area contributed by atoms with Gasteiger partial charge >= 0.3 is 0 Å². The van der Waals surface area contributed by atoms with Crippen LogP contribution in [0, 0.1) is 13.8 Å². The Balaban J connectivity index is 1.79. The number of hydrogen-bond donors (Lipinski definition) is 0. The molecule has 0 spiro atoms. The summed E-state index contributed by atoms with van der Waals surface area (Å²) in [5, 5.41) is 4.93. The third-order valence-electron chi connectivity index (χ3n) is 4.05. The predicted octanol–water partition coefficient (Wildman–Crippen LogP) is 3.11. The standard InChI is InChI=1S/C15H17Cl2N3O3S/c1-10-15(11(2)23-18-10)24(21,22)20-7-5-19(6-8-20)14-9-12(16)3-4-13(14)17/h3-4,9H,5-8H2,1-2H3. The fraction of sp³-hybridized carbons (Fsp3) is 0.400. The van der Waals surface area contributed by atoms with Crippen LogP contribution in [-0.4, -0.2) is 44.1 Å². The molecule has 1 aliphatic heterocycles. The number of rotatable bonds is 3. The van der Waals surface area contributed by atoms with Gasteiger partial charge in [-0.1, -0.05) is 28.4 Å². The lowest BCUT2D eigenvalue weighted by molar-refractivity contribution is 0.378. The van der Waals surface area contributed by atoms with Gasteiger partial charge in [-0.05, 0) is 32.0 Å². The van der Waals surface area contributed by atoms with Crippen molar-refractivity contribution >= 4 is 38.9 Å². The van der Waals surface area contributed by atoms with Gasteiger partial charge in [-0.15, -0.1) is 0 Å². The van der Waals surface area contributed by atoms with Crippen molar-refractivity contribution in [3.05, 3.63) is 39.7 Å². The molecule has 2 aromatic rings. The Hall–Kier alpha value is -1.28. The van der Waals surface area contributed by atoms with Crippen LogP contribution in [0.2, 0.25) is 10.0 Å². The van der Waals surface area contributed by atoms with Crippen molar-refractivity contribution in [3.8, 4) is 0 Å². The van der Waals surface area contributed by atoms with Gasteiger partial charge in [-0.3, -0.25) is 0 Å². The van der Waals surface area contributed by atoms with Crippen LogP contribution in [0.5, 0.6) is 0 Å². The zero-order chi connectivity index (χ0) is 17.5. The Bertz CT molecular complexity index is 839. The maximum atomic E-state index is 12.8. The molecule has 1 aromatic carbocycles. The topological polar surface area (TPSA) is 66.7 Å². The van der Waals surface area contributed by atoms with Crippen molar-refractivity contribution < 1.29 is 12.9 Å². The molecule has 6 nitrogen and oxygen atoms in total. The van der Waals surface area contributed by atoms with E-state index in [0.29, 0.717) is 47.7 Å². The number of nitrogens with zero attached hydrogens (tertiary/aromatic N) is 3. The molecule has 0 radical (unpaired) electrons. The molecular weight excluding hydrogens is 373 g/mol. The molecule has 0 unspecified atom stereocenters. The van der Waals surface area contributed by atoms with E-state index in [2.05, 4.69) is 5.16 Å². The summed E-state index contributed by atoms with van der Waals surface area (Å²) in [6, 6.07) is 5.26. The quantitative estimate of drug-likeness (QED) is 0.806. The molecular formula is C15H17Cl2N3O3S. The van der Waals surface area contributed by atoms with Crippen LogP contribution in [0.3, 0.4) is 0 Å². The largest absolute Gasteiger partial charge is 0.368 e. The average Bonchev–Trinajstić information content (AvgIpc) is 2.89. The monoisotopic (exact) mass is 389 g/mol. The molecule has 24 heavy (non-hydrogen) atoms. The molecule has 1 aromatic heterocycles. The van der Waals surface area contributed by atoms with Gasteiger partial charge in [0.1, 0.15) is 10.6 Å². The van der Waals surface area contributed by atoms with Gasteiger partial charge in [0.15, 0.2) is 5.76 Å². The molecule has 0 saturated carbocycles. The smallest absolute Gasteiger partial charge is 0.248 e. The van der Waals surface area contributed by atoms with Crippen LogP contribution >= 0.6 is 23.2 Å². The lowest BCUT2D eigenvalue weighted by Crippen LogP contribution is -2.48. The Morgan fingerprint density at radius 2 is 1.79 bits per heavy atom. The van der Waals surface area contributed by atoms with Gasteiger partial charge in [0.05, 0.1) is 10.7 Å². The summed E-state index contributed by atoms with van der Waals surface area (Å²) in [6.45, 7) is 5.01. The number of hydrogen-bond acceptors (Lipinski definition) is 5. The number of halogens is 2. The lowest BCUT2D eigenvalue weighted by atomic mass is 10.2. The maximum Gasteiger partial charge on any atom is 0.248 e. The van der Waals surface area contributed by atoms with Gasteiger partial charge in [-0.2, -0.15) is 4.31 Å². The van der Waals surface area contributed by atoms with E-state index in [9.17, 15) is 8.42 Å². The summed E-state index contributed by atoms with van der Waals surface area (Å²) in [6.07, 6.45) is 0. The molecule has 130 valence electrons. The highest BCUT2D eigenvalue weighted by Gasteiger charge is 2.33. The van der Waals surface area contributed by atoms with E-state index in [1.165, 1.54) is 4.31 Å². The summed E-state index contributed by atoms with van der Waals surface area (Å²) in [5.74, 6) is 0.313. The number of anilines is 1. The molecule has 1 saturated heterocycles. The number of aromatic nitrogens is 1. The Kier molecular flexibility index (Phi) is 4.79. The highest BCUT2D eigenvalue weighted by atomic mass is 35.5. The van der Waals surface area contributed by atoms with Gasteiger partial charge in [0.2, 0.25) is 10.0 Å². The highest BCUT2D eigenvalue weighted by Crippen LogP contribution is 2.31. The summed E-state index contributed by atoms with van der Waals surface area (Å²) in [7, 11) is -3.61. The molecule has 0 aliphatic carbocycles. The molecule has 0 atom stereocenters. The maximum absolute atomic E-state index is 12.8. The normalized spacial score (nSPS) is 16.6. The molecule has 0 N–H and O–H groups in total. The molecule has 9 heteroatoms. The van der Waals surface area contributed by atoms with Gasteiger partial charge in [-0.25, -0.2) is 8.42 Å². The van der Waals surface area contributed by atoms with Gasteiger partial charge < -0.3 is 9.42 Å². The molecule has 0 amide bonds. The second-order valence-electron chi connectivity index (χ2n) is 5.64. The van der Waals surface area contributed by atoms with Crippen molar-refractivity contribution in [1.29, 1.82) is 0 Å². The number of piperazine rings is 1. The van der Waals surface area contributed by atoms with Crippen LogP contribution in [0.15, 0.2) is 27.6 Å². The summed E-state index contributed by atoms with van der Waals surface area (Å²) >= 11 is 12.3. The third kappa shape index (κ3) is 3.13. The fourth-order valence-electron chi connectivity index (χ4n) is 2.87. The summed E-state index contributed by atoms with van der Waals surface area (Å²) in [4.78, 5) is 2.20. The van der Waals surface area contributed by atoms with Crippen molar-refractivity contribution in [2.75, 3.05) is 31.1 Å². The zero-order valence-corrected chi connectivity index (χ0v) is 15.6. The van der Waals surface area contributed by atoms with Crippen molar-refractivity contribution in [2.45, 2.75) is 18.7 Å². The predicted molar refractivity (Wildman–Crippen MR) is 93.4 cm³/mol. The molecule has 3 rings (SSSR count). The van der Waals surface area contributed by atoms with Crippen LogP contribution in [-0.2, 0) is 10.0 Å². The lowest BCUT2D eigenvalue weighted by Gasteiger charge is -2.35. The Labute approximate surface area is 151 Å². The van der Waals surface area contributed by atoms with Crippen molar-refractivity contribution in [3.63, 3.8) is 0 Å². The first-order valence-corrected chi connectivity index (χ1v) is 9.63. The average molecular weight is 390 g/mol. The van der Waals surface area contributed by atoms with E-state index in [-0.39, 0.29) is 4.90 Å². The second-order valence-corrected chi connectivity index (χ2v) is 8.36. The first-order chi connectivity index (χ1) is 11.3. The number of aryl methyl sites for hydroxylation is 2. The van der Waals surface area contributed by atoms with E-state index in [4.69, 9.17) is 27.7 Å². The minimum Gasteiger partial charge on any atom is -0.368 e. The highest BCUT2D eigenvalue weighted by molar-refractivity contribution is 7.89. The zero-order valence-electron chi connectivity index (χ0n) is 13.3. The molecule has 0 bridgehead atoms. The van der Waals surface area contributed by atoms with Gasteiger partial charge in [0.25, 0.3) is 0 Å². The molecule has 2 heterocycles. The van der Waals surface area contributed by atoms with E-state index < -0.39 is 10.0 Å². The number of sulfonamides is 1. The van der Waals surface area contributed by atoms with Crippen LogP contribution in [0.1, 0.15) is 11.5 Å². The van der Waals surface area contributed by atoms with E-state index >= 15 is 0 Å². The minimum atomic E-state index is -3.61. The summed E-state index contributed by atoms with van der Waals surface area (Å²) in [5.41, 5.74) is 1.20. The second kappa shape index (κ2) is 6.55. The van der Waals surface area contributed by atoms with E-state index in [0.717, 1.165) is 5.69 Å². The van der Waals surface area contributed by atoms with Crippen LogP contribution in [0.4, 0.5) is 5.69 Å². The van der Waals surface area contributed by atoms with Gasteiger partial charge in [0, 0.05) is 31.2 Å². The Morgan fingerprint density at radius 1 is 1.12 bits per heavy atom.